The van der Waals surface area contributed by atoms with Crippen LogP contribution in [0.4, 0.5) is 5.13 Å². The number of carbonyl (C=O) groups excluding carboxylic acids is 3. The van der Waals surface area contributed by atoms with Crippen LogP contribution in [-0.2, 0) is 24.0 Å². The van der Waals surface area contributed by atoms with Gasteiger partial charge < -0.3 is 20.6 Å². The number of nitrogens with one attached hydrogen (secondary N) is 2. The fourth-order valence-corrected chi connectivity index (χ4v) is 7.14. The maximum Gasteiger partial charge on any atom is 0.352 e. The average Bonchev–Trinajstić information content (AvgIpc) is 3.48. The molecule has 0 aliphatic carbocycles. The molecule has 1 unspecified atom stereocenters. The van der Waals surface area contributed by atoms with E-state index in [0.717, 1.165) is 11.3 Å². The van der Waals surface area contributed by atoms with Gasteiger partial charge in [0.15, 0.2) is 15.2 Å². The minimum Gasteiger partial charge on any atom is -0.477 e. The monoisotopic (exact) mass is 555 g/mol. The number of oxime groups is 1. The van der Waals surface area contributed by atoms with Crippen molar-refractivity contribution in [3.05, 3.63) is 27.4 Å². The molecule has 2 aliphatic heterocycles. The number of hydrogen-bond donors (Lipinski definition) is 3. The quantitative estimate of drug-likeness (QED) is 0.124. The standard InChI is InChI=1S/C18H17N7O6S4/c1-7-9(22-17(35-7)19-5-26)10(24-31-2)13(27)21-11-14(28)25-12(16(29)30)8(3-32-15(11)25)4-33-18-23-20-6-34-18/h5-6,11,15H,3-4H2,1-2H3,(H,21,27)(H,29,30)(H,19,22,26)/b24-10-/t11?,15-/m1/s1. The Morgan fingerprint density at radius 2 is 2.26 bits per heavy atom. The number of aliphatic carboxylic acids is 1. The fraction of sp³-hybridized carbons (Fsp3) is 0.333. The molecule has 0 spiro atoms. The molecular formula is C18H17N7O6S4. The number of carbonyl (C=O) groups is 4. The summed E-state index contributed by atoms with van der Waals surface area (Å²) in [6.45, 7) is 1.69. The summed E-state index contributed by atoms with van der Waals surface area (Å²) in [7, 11) is 1.26. The minimum atomic E-state index is -1.21. The molecular weight excluding hydrogens is 539 g/mol. The van der Waals surface area contributed by atoms with Gasteiger partial charge in [-0.3, -0.25) is 19.3 Å². The first-order valence-electron chi connectivity index (χ1n) is 9.74. The zero-order valence-electron chi connectivity index (χ0n) is 18.1. The number of aryl methyl sites for hydroxylation is 1. The van der Waals surface area contributed by atoms with Gasteiger partial charge in [0.05, 0.1) is 0 Å². The molecule has 1 saturated heterocycles. The normalized spacial score (nSPS) is 19.7. The second-order valence-electron chi connectivity index (χ2n) is 6.92. The SMILES string of the molecule is CO/N=C(\C(=O)NC1C(=O)N2C(C(=O)O)=C(CSc3nncs3)CS[C@H]12)c1nc(NC=O)sc1C. The molecule has 3 amide bonds. The molecule has 4 rings (SSSR count). The Balaban J connectivity index is 1.50. The summed E-state index contributed by atoms with van der Waals surface area (Å²) in [6.07, 6.45) is 0.464. The van der Waals surface area contributed by atoms with Crippen LogP contribution in [0.25, 0.3) is 0 Å². The number of fused-ring (bicyclic) bond motifs is 1. The smallest absolute Gasteiger partial charge is 0.352 e. The van der Waals surface area contributed by atoms with Crippen LogP contribution in [0.3, 0.4) is 0 Å². The summed E-state index contributed by atoms with van der Waals surface area (Å²) in [5.41, 5.74) is 2.12. The molecule has 0 saturated carbocycles. The molecule has 0 radical (unpaired) electrons. The van der Waals surface area contributed by atoms with Crippen LogP contribution in [0.2, 0.25) is 0 Å². The first-order valence-corrected chi connectivity index (χ1v) is 13.5. The van der Waals surface area contributed by atoms with E-state index in [0.29, 0.717) is 32.7 Å². The van der Waals surface area contributed by atoms with E-state index in [9.17, 15) is 24.3 Å². The Bertz CT molecular complexity index is 1230. The molecule has 3 N–H and O–H groups in total. The predicted octanol–water partition coefficient (Wildman–Crippen LogP) is 0.753. The molecule has 2 atom stereocenters. The van der Waals surface area contributed by atoms with Crippen LogP contribution in [0.1, 0.15) is 10.6 Å². The van der Waals surface area contributed by atoms with E-state index < -0.39 is 29.2 Å². The van der Waals surface area contributed by atoms with Crippen LogP contribution in [0.5, 0.6) is 0 Å². The molecule has 184 valence electrons. The Morgan fingerprint density at radius 1 is 1.46 bits per heavy atom. The second kappa shape index (κ2) is 10.7. The van der Waals surface area contributed by atoms with Gasteiger partial charge in [-0.1, -0.05) is 28.3 Å². The number of β-lactam (4-membered cyclic amide) rings is 1. The van der Waals surface area contributed by atoms with Crippen LogP contribution >= 0.6 is 46.2 Å². The largest absolute Gasteiger partial charge is 0.477 e. The van der Waals surface area contributed by atoms with Gasteiger partial charge in [0.25, 0.3) is 11.8 Å². The third-order valence-electron chi connectivity index (χ3n) is 4.85. The molecule has 17 heteroatoms. The number of nitrogens with zero attached hydrogens (tertiary/aromatic N) is 5. The summed E-state index contributed by atoms with van der Waals surface area (Å²) in [5, 5.41) is 26.0. The van der Waals surface area contributed by atoms with Gasteiger partial charge in [-0.2, -0.15) is 0 Å². The third kappa shape index (κ3) is 5.02. The molecule has 2 aromatic heterocycles. The highest BCUT2D eigenvalue weighted by molar-refractivity contribution is 8.01. The summed E-state index contributed by atoms with van der Waals surface area (Å²) in [4.78, 5) is 59.5. The van der Waals surface area contributed by atoms with E-state index in [2.05, 4.69) is 31.0 Å². The highest BCUT2D eigenvalue weighted by Gasteiger charge is 2.54. The maximum absolute atomic E-state index is 13.0. The summed E-state index contributed by atoms with van der Waals surface area (Å²) in [6, 6.07) is -0.951. The van der Waals surface area contributed by atoms with Crippen molar-refractivity contribution in [2.45, 2.75) is 22.7 Å². The summed E-state index contributed by atoms with van der Waals surface area (Å²) >= 11 is 5.19. The van der Waals surface area contributed by atoms with Crippen molar-refractivity contribution in [1.82, 2.24) is 25.4 Å². The van der Waals surface area contributed by atoms with Crippen LogP contribution < -0.4 is 10.6 Å². The number of carboxylic acid groups (broad SMARTS) is 1. The van der Waals surface area contributed by atoms with Gasteiger partial charge in [-0.05, 0) is 12.5 Å². The third-order valence-corrected chi connectivity index (χ3v) is 9.04. The maximum atomic E-state index is 13.0. The molecule has 2 aliphatic rings. The van der Waals surface area contributed by atoms with Gasteiger partial charge in [0.2, 0.25) is 6.41 Å². The first-order chi connectivity index (χ1) is 16.8. The molecule has 0 bridgehead atoms. The Kier molecular flexibility index (Phi) is 7.68. The van der Waals surface area contributed by atoms with Crippen LogP contribution in [0.15, 0.2) is 26.3 Å². The van der Waals surface area contributed by atoms with Crippen LogP contribution in [-0.4, -0.2) is 85.1 Å². The second-order valence-corrected chi connectivity index (χ2v) is 11.3. The van der Waals surface area contributed by atoms with E-state index in [1.807, 2.05) is 0 Å². The number of thioether (sulfide) groups is 2. The lowest BCUT2D eigenvalue weighted by atomic mass is 10.0. The van der Waals surface area contributed by atoms with E-state index in [1.54, 1.807) is 12.4 Å². The Hall–Kier alpha value is -3.02. The van der Waals surface area contributed by atoms with E-state index >= 15 is 0 Å². The number of amides is 3. The van der Waals surface area contributed by atoms with Crippen LogP contribution in [0, 0.1) is 6.92 Å². The minimum absolute atomic E-state index is 0.0769. The number of anilines is 1. The number of rotatable bonds is 10. The summed E-state index contributed by atoms with van der Waals surface area (Å²) < 4.78 is 0.697. The molecule has 0 aromatic carbocycles. The van der Waals surface area contributed by atoms with Gasteiger partial charge in [0.1, 0.15) is 35.4 Å². The Morgan fingerprint density at radius 3 is 2.91 bits per heavy atom. The average molecular weight is 556 g/mol. The lowest BCUT2D eigenvalue weighted by Gasteiger charge is -2.49. The molecule has 2 aromatic rings. The zero-order valence-corrected chi connectivity index (χ0v) is 21.3. The fourth-order valence-electron chi connectivity index (χ4n) is 3.39. The van der Waals surface area contributed by atoms with Gasteiger partial charge in [-0.25, -0.2) is 9.78 Å². The van der Waals surface area contributed by atoms with E-state index in [-0.39, 0.29) is 22.2 Å². The van der Waals surface area contributed by atoms with E-state index in [1.165, 1.54) is 46.9 Å². The number of thiazole rings is 1. The lowest BCUT2D eigenvalue weighted by molar-refractivity contribution is -0.150. The van der Waals surface area contributed by atoms with Crippen molar-refractivity contribution in [1.29, 1.82) is 0 Å². The number of hydrogen-bond acceptors (Lipinski definition) is 13. The topological polar surface area (TPSA) is 176 Å². The van der Waals surface area contributed by atoms with Crippen molar-refractivity contribution >= 4 is 81.2 Å². The van der Waals surface area contributed by atoms with E-state index in [4.69, 9.17) is 4.84 Å². The van der Waals surface area contributed by atoms with Gasteiger partial charge >= 0.3 is 5.97 Å². The van der Waals surface area contributed by atoms with Crippen molar-refractivity contribution in [3.8, 4) is 0 Å². The number of carboxylic acids is 1. The van der Waals surface area contributed by atoms with Gasteiger partial charge in [-0.15, -0.1) is 33.3 Å². The molecule has 1 fully saturated rings. The molecule has 13 nitrogen and oxygen atoms in total. The van der Waals surface area contributed by atoms with Crippen molar-refractivity contribution in [3.63, 3.8) is 0 Å². The molecule has 4 heterocycles. The van der Waals surface area contributed by atoms with Crippen molar-refractivity contribution < 1.29 is 29.1 Å². The highest BCUT2D eigenvalue weighted by Crippen LogP contribution is 2.41. The van der Waals surface area contributed by atoms with Crippen molar-refractivity contribution in [2.75, 3.05) is 23.9 Å². The zero-order chi connectivity index (χ0) is 25.1. The van der Waals surface area contributed by atoms with Gasteiger partial charge in [0, 0.05) is 16.4 Å². The van der Waals surface area contributed by atoms with Crippen molar-refractivity contribution in [2.24, 2.45) is 5.16 Å². The predicted molar refractivity (Wildman–Crippen MR) is 130 cm³/mol. The highest BCUT2D eigenvalue weighted by atomic mass is 32.2. The summed E-state index contributed by atoms with van der Waals surface area (Å²) in [5.74, 6) is -1.74. The lowest BCUT2D eigenvalue weighted by Crippen LogP contribution is -2.71. The number of aromatic nitrogens is 3. The Labute approximate surface area is 214 Å². The molecule has 35 heavy (non-hydrogen) atoms. The first kappa shape index (κ1) is 25.1.